The Labute approximate surface area is 147 Å². The zero-order chi connectivity index (χ0) is 17.4. The number of piperazine rings is 1. The minimum Gasteiger partial charge on any atom is -0.352 e. The molecule has 0 spiro atoms. The molecule has 0 saturated carbocycles. The Morgan fingerprint density at radius 2 is 1.00 bits per heavy atom. The Balaban J connectivity index is 1.86. The Morgan fingerprint density at radius 3 is 1.25 bits per heavy atom. The SMILES string of the molecule is CCOC(CN1CC2CCC1CN2CC(OCC)OCC)OCC. The lowest BCUT2D eigenvalue weighted by atomic mass is 9.90. The van der Waals surface area contributed by atoms with Gasteiger partial charge in [-0.3, -0.25) is 9.80 Å². The molecule has 2 bridgehead atoms. The van der Waals surface area contributed by atoms with Crippen molar-refractivity contribution in [3.63, 3.8) is 0 Å². The first kappa shape index (κ1) is 20.1. The lowest BCUT2D eigenvalue weighted by Crippen LogP contribution is -2.64. The maximum atomic E-state index is 5.73. The first-order valence-corrected chi connectivity index (χ1v) is 9.66. The molecule has 3 aliphatic rings. The summed E-state index contributed by atoms with van der Waals surface area (Å²) < 4.78 is 22.9. The van der Waals surface area contributed by atoms with Gasteiger partial charge in [0.15, 0.2) is 12.6 Å². The second-order valence-corrected chi connectivity index (χ2v) is 6.47. The average Bonchev–Trinajstić information content (AvgIpc) is 2.57. The van der Waals surface area contributed by atoms with Crippen LogP contribution in [0.5, 0.6) is 0 Å². The van der Waals surface area contributed by atoms with Crippen molar-refractivity contribution in [2.45, 2.75) is 65.2 Å². The molecule has 0 aromatic heterocycles. The summed E-state index contributed by atoms with van der Waals surface area (Å²) in [7, 11) is 0. The van der Waals surface area contributed by atoms with Crippen LogP contribution in [0.15, 0.2) is 0 Å². The Kier molecular flexibility index (Phi) is 8.94. The van der Waals surface area contributed by atoms with Crippen molar-refractivity contribution >= 4 is 0 Å². The highest BCUT2D eigenvalue weighted by Crippen LogP contribution is 2.29. The molecule has 3 aliphatic heterocycles. The molecule has 24 heavy (non-hydrogen) atoms. The number of hydrogen-bond acceptors (Lipinski definition) is 6. The fraction of sp³-hybridized carbons (Fsp3) is 1.00. The van der Waals surface area contributed by atoms with Gasteiger partial charge < -0.3 is 18.9 Å². The monoisotopic (exact) mass is 344 g/mol. The highest BCUT2D eigenvalue weighted by atomic mass is 16.7. The van der Waals surface area contributed by atoms with Gasteiger partial charge in [-0.1, -0.05) is 0 Å². The molecule has 0 aliphatic carbocycles. The first-order chi connectivity index (χ1) is 11.7. The van der Waals surface area contributed by atoms with Crippen LogP contribution in [-0.4, -0.2) is 87.1 Å². The zero-order valence-electron chi connectivity index (χ0n) is 15.9. The van der Waals surface area contributed by atoms with Crippen LogP contribution in [0, 0.1) is 0 Å². The topological polar surface area (TPSA) is 43.4 Å². The summed E-state index contributed by atoms with van der Waals surface area (Å²) in [6.45, 7) is 14.8. The summed E-state index contributed by atoms with van der Waals surface area (Å²) in [6, 6.07) is 1.17. The summed E-state index contributed by atoms with van der Waals surface area (Å²) in [5.41, 5.74) is 0. The Morgan fingerprint density at radius 1 is 0.667 bits per heavy atom. The summed E-state index contributed by atoms with van der Waals surface area (Å²) in [4.78, 5) is 5.11. The third kappa shape index (κ3) is 5.64. The number of hydrogen-bond donors (Lipinski definition) is 0. The lowest BCUT2D eigenvalue weighted by molar-refractivity contribution is -0.177. The molecule has 0 aromatic rings. The predicted molar refractivity (Wildman–Crippen MR) is 94.0 cm³/mol. The van der Waals surface area contributed by atoms with Gasteiger partial charge in [0.2, 0.25) is 0 Å². The minimum absolute atomic E-state index is 0.104. The number of nitrogens with zero attached hydrogens (tertiary/aromatic N) is 2. The van der Waals surface area contributed by atoms with Gasteiger partial charge in [-0.2, -0.15) is 0 Å². The van der Waals surface area contributed by atoms with E-state index in [1.807, 2.05) is 27.7 Å². The molecule has 0 amide bonds. The molecule has 6 heteroatoms. The van der Waals surface area contributed by atoms with Crippen LogP contribution in [0.1, 0.15) is 40.5 Å². The van der Waals surface area contributed by atoms with Crippen LogP contribution in [0.3, 0.4) is 0 Å². The smallest absolute Gasteiger partial charge is 0.170 e. The molecule has 6 nitrogen and oxygen atoms in total. The molecule has 2 atom stereocenters. The van der Waals surface area contributed by atoms with Crippen molar-refractivity contribution < 1.29 is 18.9 Å². The summed E-state index contributed by atoms with van der Waals surface area (Å²) in [5, 5.41) is 0. The first-order valence-electron chi connectivity index (χ1n) is 9.66. The van der Waals surface area contributed by atoms with Gasteiger partial charge in [0.25, 0.3) is 0 Å². The van der Waals surface area contributed by atoms with E-state index in [0.29, 0.717) is 38.5 Å². The second-order valence-electron chi connectivity index (χ2n) is 6.47. The fourth-order valence-corrected chi connectivity index (χ4v) is 3.88. The standard InChI is InChI=1S/C18H36N2O4/c1-5-21-17(22-6-2)13-19-11-16-10-9-15(19)12-20(16)14-18(23-7-3)24-8-4/h15-18H,5-14H2,1-4H3. The molecule has 3 saturated heterocycles. The van der Waals surface area contributed by atoms with Crippen molar-refractivity contribution in [2.75, 3.05) is 52.6 Å². The summed E-state index contributed by atoms with van der Waals surface area (Å²) in [5.74, 6) is 0. The number of fused-ring (bicyclic) bond motifs is 3. The number of rotatable bonds is 12. The van der Waals surface area contributed by atoms with E-state index in [-0.39, 0.29) is 12.6 Å². The van der Waals surface area contributed by atoms with Gasteiger partial charge in [-0.05, 0) is 40.5 Å². The van der Waals surface area contributed by atoms with Gasteiger partial charge in [0, 0.05) is 64.7 Å². The molecule has 142 valence electrons. The van der Waals surface area contributed by atoms with E-state index in [1.54, 1.807) is 0 Å². The van der Waals surface area contributed by atoms with Gasteiger partial charge in [0.05, 0.1) is 0 Å². The van der Waals surface area contributed by atoms with E-state index >= 15 is 0 Å². The highest BCUT2D eigenvalue weighted by molar-refractivity contribution is 4.95. The molecule has 0 aromatic carbocycles. The van der Waals surface area contributed by atoms with Crippen LogP contribution in [0.2, 0.25) is 0 Å². The molecule has 0 radical (unpaired) electrons. The fourth-order valence-electron chi connectivity index (χ4n) is 3.88. The van der Waals surface area contributed by atoms with E-state index in [9.17, 15) is 0 Å². The van der Waals surface area contributed by atoms with Crippen molar-refractivity contribution in [3.8, 4) is 0 Å². The van der Waals surface area contributed by atoms with E-state index < -0.39 is 0 Å². The maximum absolute atomic E-state index is 5.73. The van der Waals surface area contributed by atoms with Gasteiger partial charge >= 0.3 is 0 Å². The molecule has 3 fully saturated rings. The normalized spacial score (nSPS) is 25.2. The van der Waals surface area contributed by atoms with Crippen molar-refractivity contribution in [1.29, 1.82) is 0 Å². The van der Waals surface area contributed by atoms with Gasteiger partial charge in [-0.15, -0.1) is 0 Å². The Hall–Kier alpha value is -0.240. The van der Waals surface area contributed by atoms with Crippen molar-refractivity contribution in [2.24, 2.45) is 0 Å². The molecule has 0 N–H and O–H groups in total. The molecule has 3 heterocycles. The van der Waals surface area contributed by atoms with Crippen LogP contribution in [0.25, 0.3) is 0 Å². The molecular formula is C18H36N2O4. The minimum atomic E-state index is -0.104. The largest absolute Gasteiger partial charge is 0.352 e. The average molecular weight is 344 g/mol. The van der Waals surface area contributed by atoms with E-state index in [4.69, 9.17) is 18.9 Å². The van der Waals surface area contributed by atoms with Gasteiger partial charge in [0.1, 0.15) is 0 Å². The molecule has 2 unspecified atom stereocenters. The summed E-state index contributed by atoms with van der Waals surface area (Å²) in [6.07, 6.45) is 2.32. The third-order valence-corrected chi connectivity index (χ3v) is 4.93. The lowest BCUT2D eigenvalue weighted by Gasteiger charge is -2.52. The predicted octanol–water partition coefficient (Wildman–Crippen LogP) is 1.93. The number of ether oxygens (including phenoxy) is 4. The second kappa shape index (κ2) is 10.7. The van der Waals surface area contributed by atoms with Crippen LogP contribution in [0.4, 0.5) is 0 Å². The van der Waals surface area contributed by atoms with E-state index in [1.165, 1.54) is 12.8 Å². The quantitative estimate of drug-likeness (QED) is 0.504. The molecular weight excluding hydrogens is 308 g/mol. The van der Waals surface area contributed by atoms with E-state index in [0.717, 1.165) is 26.2 Å². The Bertz CT molecular complexity index is 301. The van der Waals surface area contributed by atoms with Crippen LogP contribution < -0.4 is 0 Å². The van der Waals surface area contributed by atoms with E-state index in [2.05, 4.69) is 9.80 Å². The number of piperidine rings is 2. The highest BCUT2D eigenvalue weighted by Gasteiger charge is 2.40. The zero-order valence-corrected chi connectivity index (χ0v) is 15.9. The third-order valence-electron chi connectivity index (χ3n) is 4.93. The van der Waals surface area contributed by atoms with Crippen molar-refractivity contribution in [3.05, 3.63) is 0 Å². The van der Waals surface area contributed by atoms with Gasteiger partial charge in [-0.25, -0.2) is 0 Å². The van der Waals surface area contributed by atoms with Crippen LogP contribution in [-0.2, 0) is 18.9 Å². The maximum Gasteiger partial charge on any atom is 0.170 e. The van der Waals surface area contributed by atoms with Crippen molar-refractivity contribution in [1.82, 2.24) is 9.80 Å². The summed E-state index contributed by atoms with van der Waals surface area (Å²) >= 11 is 0. The van der Waals surface area contributed by atoms with Crippen LogP contribution >= 0.6 is 0 Å². The molecule has 3 rings (SSSR count).